The third-order valence-electron chi connectivity index (χ3n) is 7.16. The number of hydrogen-bond donors (Lipinski definition) is 2. The fourth-order valence-electron chi connectivity index (χ4n) is 5.10. The second-order valence-corrected chi connectivity index (χ2v) is 9.71. The lowest BCUT2D eigenvalue weighted by atomic mass is 9.91. The van der Waals surface area contributed by atoms with Crippen LogP contribution in [-0.2, 0) is 4.79 Å². The molecule has 5 rings (SSSR count). The Morgan fingerprint density at radius 2 is 1.98 bits per heavy atom. The standard InChI is InChI=1S/C28H24F4N6O3/c1-4-19(40)28(3)13-33-10-11-37(28)25-15-12-17(30)21(20-16(29)6-5-7-18(20)39)35-26(15)38(27(41)36-25)23-14(2)8-9-34-22(23)24(31)32/h4-9,12,24,33,39H,1,10-11,13H2,2-3H3/t28-/m0/s1. The first-order valence-electron chi connectivity index (χ1n) is 12.5. The highest BCUT2D eigenvalue weighted by molar-refractivity contribution is 6.02. The summed E-state index contributed by atoms with van der Waals surface area (Å²) in [5.74, 6) is -3.26. The number of aryl methyl sites for hydroxylation is 1. The number of phenolic OH excluding ortho intramolecular Hbond substituents is 1. The van der Waals surface area contributed by atoms with Crippen LogP contribution in [0.5, 0.6) is 5.75 Å². The zero-order chi connectivity index (χ0) is 29.6. The number of hydrogen-bond acceptors (Lipinski definition) is 8. The van der Waals surface area contributed by atoms with Crippen molar-refractivity contribution in [3.05, 3.63) is 82.6 Å². The maximum Gasteiger partial charge on any atom is 0.355 e. The van der Waals surface area contributed by atoms with Gasteiger partial charge in [0.2, 0.25) is 0 Å². The number of piperazine rings is 1. The SMILES string of the molecule is C=CC(=O)[C@]1(C)CNCCN1c1nc(=O)n(-c2c(C)ccnc2C(F)F)c2nc(-c3c(O)cccc3F)c(F)cc12. The number of aromatic nitrogens is 4. The lowest BCUT2D eigenvalue weighted by Gasteiger charge is -2.44. The number of ketones is 1. The molecule has 0 spiro atoms. The van der Waals surface area contributed by atoms with Crippen molar-refractivity contribution < 1.29 is 27.5 Å². The quantitative estimate of drug-likeness (QED) is 0.265. The number of carbonyl (C=O) groups is 1. The van der Waals surface area contributed by atoms with Gasteiger partial charge in [-0.2, -0.15) is 4.98 Å². The number of phenols is 1. The van der Waals surface area contributed by atoms with Crippen LogP contribution in [0.25, 0.3) is 28.0 Å². The number of fused-ring (bicyclic) bond motifs is 1. The number of anilines is 1. The van der Waals surface area contributed by atoms with Crippen LogP contribution in [0.1, 0.15) is 24.6 Å². The molecule has 4 heterocycles. The fraction of sp³-hybridized carbons (Fsp3) is 0.250. The topological polar surface area (TPSA) is 113 Å². The molecule has 1 aromatic carbocycles. The average Bonchev–Trinajstić information content (AvgIpc) is 2.93. The maximum absolute atomic E-state index is 15.7. The van der Waals surface area contributed by atoms with Crippen molar-refractivity contribution in [2.24, 2.45) is 0 Å². The molecule has 41 heavy (non-hydrogen) atoms. The van der Waals surface area contributed by atoms with Crippen LogP contribution in [0, 0.1) is 18.6 Å². The number of halogens is 4. The van der Waals surface area contributed by atoms with E-state index >= 15 is 4.39 Å². The van der Waals surface area contributed by atoms with Gasteiger partial charge in [0.15, 0.2) is 17.2 Å². The molecule has 3 aromatic heterocycles. The molecule has 1 saturated heterocycles. The van der Waals surface area contributed by atoms with E-state index in [1.807, 2.05) is 0 Å². The number of nitrogens with one attached hydrogen (secondary N) is 1. The van der Waals surface area contributed by atoms with Gasteiger partial charge in [-0.3, -0.25) is 9.78 Å². The molecule has 4 aromatic rings. The van der Waals surface area contributed by atoms with Gasteiger partial charge < -0.3 is 15.3 Å². The van der Waals surface area contributed by atoms with Gasteiger partial charge in [-0.25, -0.2) is 31.9 Å². The molecule has 0 amide bonds. The summed E-state index contributed by atoms with van der Waals surface area (Å²) in [5.41, 5.74) is -4.84. The normalized spacial score (nSPS) is 17.3. The molecule has 0 radical (unpaired) electrons. The molecule has 1 atom stereocenters. The molecule has 0 bridgehead atoms. The molecule has 0 unspecified atom stereocenters. The molecular formula is C28H24F4N6O3. The van der Waals surface area contributed by atoms with E-state index < -0.39 is 57.8 Å². The minimum atomic E-state index is -3.11. The Balaban J connectivity index is 1.94. The third-order valence-corrected chi connectivity index (χ3v) is 7.16. The number of alkyl halides is 2. The Morgan fingerprint density at radius 3 is 2.66 bits per heavy atom. The summed E-state index contributed by atoms with van der Waals surface area (Å²) in [4.78, 5) is 40.3. The van der Waals surface area contributed by atoms with Gasteiger partial charge >= 0.3 is 5.69 Å². The van der Waals surface area contributed by atoms with Gasteiger partial charge in [0.25, 0.3) is 6.43 Å². The minimum absolute atomic E-state index is 0.116. The van der Waals surface area contributed by atoms with E-state index in [2.05, 4.69) is 26.8 Å². The van der Waals surface area contributed by atoms with E-state index in [1.54, 1.807) is 6.92 Å². The maximum atomic E-state index is 15.7. The number of pyridine rings is 2. The molecule has 1 aliphatic rings. The Hall–Kier alpha value is -4.65. The highest BCUT2D eigenvalue weighted by Gasteiger charge is 2.42. The molecule has 1 aliphatic heterocycles. The molecule has 0 saturated carbocycles. The van der Waals surface area contributed by atoms with Crippen molar-refractivity contribution >= 4 is 22.6 Å². The second-order valence-electron chi connectivity index (χ2n) is 9.71. The van der Waals surface area contributed by atoms with E-state index in [0.29, 0.717) is 6.54 Å². The van der Waals surface area contributed by atoms with Crippen LogP contribution in [0.3, 0.4) is 0 Å². The van der Waals surface area contributed by atoms with Crippen molar-refractivity contribution in [1.82, 2.24) is 24.8 Å². The highest BCUT2D eigenvalue weighted by Crippen LogP contribution is 2.38. The van der Waals surface area contributed by atoms with E-state index in [1.165, 1.54) is 24.0 Å². The summed E-state index contributed by atoms with van der Waals surface area (Å²) in [5, 5.41) is 13.3. The summed E-state index contributed by atoms with van der Waals surface area (Å²) in [6.07, 6.45) is -0.836. The Bertz CT molecular complexity index is 1760. The zero-order valence-electron chi connectivity index (χ0n) is 22.0. The Kier molecular flexibility index (Phi) is 7.07. The molecular weight excluding hydrogens is 544 g/mol. The van der Waals surface area contributed by atoms with E-state index in [0.717, 1.165) is 35.0 Å². The van der Waals surface area contributed by atoms with Crippen LogP contribution in [-0.4, -0.2) is 55.6 Å². The first kappa shape index (κ1) is 27.9. The summed E-state index contributed by atoms with van der Waals surface area (Å²) in [7, 11) is 0. The highest BCUT2D eigenvalue weighted by atomic mass is 19.3. The van der Waals surface area contributed by atoms with Gasteiger partial charge in [0.1, 0.15) is 34.3 Å². The number of benzene rings is 1. The van der Waals surface area contributed by atoms with Crippen LogP contribution in [0.4, 0.5) is 23.4 Å². The van der Waals surface area contributed by atoms with Crippen molar-refractivity contribution in [1.29, 1.82) is 0 Å². The predicted octanol–water partition coefficient (Wildman–Crippen LogP) is 4.00. The number of aromatic hydroxyl groups is 1. The van der Waals surface area contributed by atoms with E-state index in [9.17, 15) is 27.9 Å². The summed E-state index contributed by atoms with van der Waals surface area (Å²) >= 11 is 0. The first-order chi connectivity index (χ1) is 19.5. The van der Waals surface area contributed by atoms with Crippen molar-refractivity contribution in [2.75, 3.05) is 24.5 Å². The van der Waals surface area contributed by atoms with Crippen LogP contribution in [0.2, 0.25) is 0 Å². The lowest BCUT2D eigenvalue weighted by Crippen LogP contribution is -2.64. The molecule has 212 valence electrons. The van der Waals surface area contributed by atoms with Gasteiger partial charge in [-0.05, 0) is 49.8 Å². The Labute approximate surface area is 230 Å². The van der Waals surface area contributed by atoms with Crippen LogP contribution >= 0.6 is 0 Å². The van der Waals surface area contributed by atoms with E-state index in [-0.39, 0.29) is 41.2 Å². The summed E-state index contributed by atoms with van der Waals surface area (Å²) in [6.45, 7) is 7.29. The van der Waals surface area contributed by atoms with Gasteiger partial charge in [0, 0.05) is 25.8 Å². The van der Waals surface area contributed by atoms with Crippen LogP contribution in [0.15, 0.2) is 54.0 Å². The van der Waals surface area contributed by atoms with Gasteiger partial charge in [-0.15, -0.1) is 0 Å². The zero-order valence-corrected chi connectivity index (χ0v) is 22.0. The number of carbonyl (C=O) groups excluding carboxylic acids is 1. The largest absolute Gasteiger partial charge is 0.507 e. The fourth-order valence-corrected chi connectivity index (χ4v) is 5.10. The lowest BCUT2D eigenvalue weighted by molar-refractivity contribution is -0.119. The van der Waals surface area contributed by atoms with Crippen molar-refractivity contribution in [3.63, 3.8) is 0 Å². The summed E-state index contributed by atoms with van der Waals surface area (Å²) < 4.78 is 59.6. The first-order valence-corrected chi connectivity index (χ1v) is 12.5. The van der Waals surface area contributed by atoms with Crippen LogP contribution < -0.4 is 15.9 Å². The number of nitrogens with zero attached hydrogens (tertiary/aromatic N) is 5. The molecule has 1 fully saturated rings. The Morgan fingerprint density at radius 1 is 1.22 bits per heavy atom. The number of rotatable bonds is 6. The predicted molar refractivity (Wildman–Crippen MR) is 143 cm³/mol. The van der Waals surface area contributed by atoms with Crippen molar-refractivity contribution in [3.8, 4) is 22.7 Å². The molecule has 2 N–H and O–H groups in total. The minimum Gasteiger partial charge on any atom is -0.507 e. The average molecular weight is 569 g/mol. The summed E-state index contributed by atoms with van der Waals surface area (Å²) in [6, 6.07) is 5.65. The molecule has 9 nitrogen and oxygen atoms in total. The smallest absolute Gasteiger partial charge is 0.355 e. The monoisotopic (exact) mass is 568 g/mol. The van der Waals surface area contributed by atoms with Gasteiger partial charge in [0.05, 0.1) is 16.6 Å². The molecule has 0 aliphatic carbocycles. The molecule has 13 heteroatoms. The van der Waals surface area contributed by atoms with Gasteiger partial charge in [-0.1, -0.05) is 12.6 Å². The van der Waals surface area contributed by atoms with E-state index in [4.69, 9.17) is 0 Å². The second kappa shape index (κ2) is 10.4. The third kappa shape index (κ3) is 4.51. The van der Waals surface area contributed by atoms with Crippen molar-refractivity contribution in [2.45, 2.75) is 25.8 Å².